The van der Waals surface area contributed by atoms with Crippen LogP contribution in [0, 0.1) is 46.3 Å². The average molecular weight is 553 g/mol. The van der Waals surface area contributed by atoms with Crippen LogP contribution < -0.4 is 0 Å². The second-order valence-corrected chi connectivity index (χ2v) is 14.0. The molecule has 9 heteroatoms. The summed E-state index contributed by atoms with van der Waals surface area (Å²) in [7, 11) is 0. The minimum Gasteiger partial charge on any atom is -0.479 e. The van der Waals surface area contributed by atoms with Crippen LogP contribution in [0.4, 0.5) is 0 Å². The van der Waals surface area contributed by atoms with Gasteiger partial charge in [0, 0.05) is 12.8 Å². The zero-order chi connectivity index (χ0) is 28.3. The SMILES string of the molecule is C[C@H](CCC(=O)O[C@H]1C[C@@H](O)[C@H](O)[C@@H](C(=O)O)O1)[C@H]1CC[C@H]2[C@@H]3CC[C@@H]4C[C@H](O)CC[C@]4(C)[C@H]3C[C@H](O)[C@]12C. The summed E-state index contributed by atoms with van der Waals surface area (Å²) >= 11 is 0. The highest BCUT2D eigenvalue weighted by Crippen LogP contribution is 2.68. The maximum absolute atomic E-state index is 12.6. The van der Waals surface area contributed by atoms with Gasteiger partial charge in [0.25, 0.3) is 0 Å². The molecule has 39 heavy (non-hydrogen) atoms. The number of carboxylic acid groups (broad SMARTS) is 1. The van der Waals surface area contributed by atoms with E-state index >= 15 is 0 Å². The maximum Gasteiger partial charge on any atom is 0.335 e. The molecule has 0 aromatic rings. The Morgan fingerprint density at radius 3 is 2.44 bits per heavy atom. The van der Waals surface area contributed by atoms with Crippen LogP contribution in [0.3, 0.4) is 0 Å². The molecule has 4 aliphatic carbocycles. The van der Waals surface area contributed by atoms with Crippen LogP contribution in [0.15, 0.2) is 0 Å². The van der Waals surface area contributed by atoms with Gasteiger partial charge in [-0.05, 0) is 104 Å². The fourth-order valence-electron chi connectivity index (χ4n) is 10.0. The number of carbonyl (C=O) groups is 2. The van der Waals surface area contributed by atoms with E-state index in [2.05, 4.69) is 20.8 Å². The molecule has 14 atom stereocenters. The van der Waals surface area contributed by atoms with E-state index in [1.165, 1.54) is 12.8 Å². The molecule has 0 amide bonds. The number of fused-ring (bicyclic) bond motifs is 5. The topological polar surface area (TPSA) is 154 Å². The van der Waals surface area contributed by atoms with Crippen LogP contribution in [-0.4, -0.2) is 74.3 Å². The van der Waals surface area contributed by atoms with E-state index in [0.29, 0.717) is 36.0 Å². The summed E-state index contributed by atoms with van der Waals surface area (Å²) in [6.07, 6.45) is 2.33. The highest BCUT2D eigenvalue weighted by Gasteiger charge is 2.63. The predicted molar refractivity (Wildman–Crippen MR) is 140 cm³/mol. The second-order valence-electron chi connectivity index (χ2n) is 14.0. The van der Waals surface area contributed by atoms with Crippen LogP contribution in [0.1, 0.15) is 91.4 Å². The van der Waals surface area contributed by atoms with Crippen molar-refractivity contribution >= 4 is 11.9 Å². The summed E-state index contributed by atoms with van der Waals surface area (Å²) in [6.45, 7) is 6.85. The van der Waals surface area contributed by atoms with E-state index in [-0.39, 0.29) is 41.8 Å². The Hall–Kier alpha value is -1.26. The Kier molecular flexibility index (Phi) is 8.14. The van der Waals surface area contributed by atoms with Crippen LogP contribution in [0.2, 0.25) is 0 Å². The molecule has 5 fully saturated rings. The Bertz CT molecular complexity index is 926. The summed E-state index contributed by atoms with van der Waals surface area (Å²) in [5.74, 6) is 0.665. The number of carbonyl (C=O) groups excluding carboxylic acids is 1. The highest BCUT2D eigenvalue weighted by molar-refractivity contribution is 5.73. The molecule has 0 spiro atoms. The molecular weight excluding hydrogens is 504 g/mol. The first-order chi connectivity index (χ1) is 18.4. The monoisotopic (exact) mass is 552 g/mol. The number of esters is 1. The van der Waals surface area contributed by atoms with Gasteiger partial charge in [0.2, 0.25) is 6.29 Å². The van der Waals surface area contributed by atoms with Crippen molar-refractivity contribution in [3.8, 4) is 0 Å². The number of carboxylic acids is 1. The van der Waals surface area contributed by atoms with Gasteiger partial charge in [0.1, 0.15) is 6.10 Å². The fourth-order valence-corrected chi connectivity index (χ4v) is 10.0. The largest absolute Gasteiger partial charge is 0.479 e. The molecule has 0 bridgehead atoms. The van der Waals surface area contributed by atoms with Gasteiger partial charge in [-0.1, -0.05) is 20.8 Å². The van der Waals surface area contributed by atoms with Gasteiger partial charge in [0.05, 0.1) is 18.3 Å². The average Bonchev–Trinajstić information content (AvgIpc) is 3.24. The van der Waals surface area contributed by atoms with Crippen LogP contribution in [0.25, 0.3) is 0 Å². The van der Waals surface area contributed by atoms with E-state index in [0.717, 1.165) is 38.5 Å². The number of aliphatic hydroxyl groups is 4. The van der Waals surface area contributed by atoms with Crippen molar-refractivity contribution in [2.75, 3.05) is 0 Å². The van der Waals surface area contributed by atoms with Crippen molar-refractivity contribution < 1.29 is 44.6 Å². The third-order valence-corrected chi connectivity index (χ3v) is 12.3. The van der Waals surface area contributed by atoms with E-state index < -0.39 is 36.5 Å². The van der Waals surface area contributed by atoms with Crippen molar-refractivity contribution in [2.24, 2.45) is 46.3 Å². The number of ether oxygens (including phenoxy) is 2. The van der Waals surface area contributed by atoms with E-state index in [4.69, 9.17) is 9.47 Å². The third-order valence-electron chi connectivity index (χ3n) is 12.3. The van der Waals surface area contributed by atoms with Crippen LogP contribution >= 0.6 is 0 Å². The van der Waals surface area contributed by atoms with Crippen LogP contribution in [-0.2, 0) is 19.1 Å². The second kappa shape index (κ2) is 10.9. The lowest BCUT2D eigenvalue weighted by Gasteiger charge is -2.62. The Labute approximate surface area is 231 Å². The molecule has 0 aromatic carbocycles. The summed E-state index contributed by atoms with van der Waals surface area (Å²) in [5.41, 5.74) is 0.00563. The Morgan fingerprint density at radius 2 is 1.72 bits per heavy atom. The minimum atomic E-state index is -1.64. The number of hydrogen-bond acceptors (Lipinski definition) is 8. The minimum absolute atomic E-state index is 0.138. The molecule has 1 aliphatic heterocycles. The fraction of sp³-hybridized carbons (Fsp3) is 0.933. The standard InChI is InChI=1S/C30H48O9/c1-15(4-9-24(34)38-25-14-22(32)26(35)27(39-25)28(36)37)19-7-8-20-18-6-5-16-12-17(31)10-11-29(16,2)21(18)13-23(33)30(19,20)3/h15-23,25-27,31-33,35H,4-14H2,1-3H3,(H,36,37)/t15-,16-,17-,18+,19-,20+,21+,22-,23+,25-,26+,27+,29+,30-/m1/s1. The summed E-state index contributed by atoms with van der Waals surface area (Å²) in [6, 6.07) is 0. The van der Waals surface area contributed by atoms with Gasteiger partial charge in [0.15, 0.2) is 6.10 Å². The van der Waals surface area contributed by atoms with Crippen molar-refractivity contribution in [1.82, 2.24) is 0 Å². The van der Waals surface area contributed by atoms with Crippen molar-refractivity contribution in [2.45, 2.75) is 128 Å². The van der Waals surface area contributed by atoms with Gasteiger partial charge in [-0.2, -0.15) is 0 Å². The van der Waals surface area contributed by atoms with Crippen molar-refractivity contribution in [3.63, 3.8) is 0 Å². The van der Waals surface area contributed by atoms with E-state index in [1.807, 2.05) is 0 Å². The zero-order valence-electron chi connectivity index (χ0n) is 23.6. The van der Waals surface area contributed by atoms with Gasteiger partial charge >= 0.3 is 11.9 Å². The molecule has 1 heterocycles. The normalized spacial score (nSPS) is 50.3. The molecule has 5 rings (SSSR count). The lowest BCUT2D eigenvalue weighted by Crippen LogP contribution is -2.58. The number of hydrogen-bond donors (Lipinski definition) is 5. The number of rotatable bonds is 6. The molecule has 0 aromatic heterocycles. The molecule has 0 unspecified atom stereocenters. The highest BCUT2D eigenvalue weighted by atomic mass is 16.7. The molecule has 5 aliphatic rings. The Morgan fingerprint density at radius 1 is 0.974 bits per heavy atom. The molecule has 0 radical (unpaired) electrons. The first-order valence-electron chi connectivity index (χ1n) is 15.2. The smallest absolute Gasteiger partial charge is 0.335 e. The van der Waals surface area contributed by atoms with Gasteiger partial charge in [-0.15, -0.1) is 0 Å². The lowest BCUT2D eigenvalue weighted by molar-refractivity contribution is -0.247. The molecule has 4 saturated carbocycles. The first-order valence-corrected chi connectivity index (χ1v) is 15.2. The molecule has 9 nitrogen and oxygen atoms in total. The van der Waals surface area contributed by atoms with Crippen LogP contribution in [0.5, 0.6) is 0 Å². The predicted octanol–water partition coefficient (Wildman–Crippen LogP) is 2.86. The third kappa shape index (κ3) is 5.05. The quantitative estimate of drug-likeness (QED) is 0.313. The summed E-state index contributed by atoms with van der Waals surface area (Å²) in [5, 5.41) is 51.0. The van der Waals surface area contributed by atoms with E-state index in [1.54, 1.807) is 0 Å². The lowest BCUT2D eigenvalue weighted by atomic mass is 9.43. The first kappa shape index (κ1) is 29.2. The molecule has 1 saturated heterocycles. The molecule has 5 N–H and O–H groups in total. The zero-order valence-corrected chi connectivity index (χ0v) is 23.6. The summed E-state index contributed by atoms with van der Waals surface area (Å²) in [4.78, 5) is 23.9. The maximum atomic E-state index is 12.6. The van der Waals surface area contributed by atoms with E-state index in [9.17, 15) is 35.1 Å². The Balaban J connectivity index is 1.20. The van der Waals surface area contributed by atoms with Crippen molar-refractivity contribution in [1.29, 1.82) is 0 Å². The summed E-state index contributed by atoms with van der Waals surface area (Å²) < 4.78 is 10.5. The number of aliphatic hydroxyl groups excluding tert-OH is 4. The number of aliphatic carboxylic acids is 1. The van der Waals surface area contributed by atoms with Gasteiger partial charge in [-0.3, -0.25) is 4.79 Å². The van der Waals surface area contributed by atoms with Gasteiger partial charge < -0.3 is 35.0 Å². The van der Waals surface area contributed by atoms with Crippen molar-refractivity contribution in [3.05, 3.63) is 0 Å². The molecule has 222 valence electrons. The molecular formula is C30H48O9. The van der Waals surface area contributed by atoms with Gasteiger partial charge in [-0.25, -0.2) is 4.79 Å².